The molecule has 0 saturated carbocycles. The second kappa shape index (κ2) is 11.8. The van der Waals surface area contributed by atoms with Crippen LogP contribution in [0.3, 0.4) is 0 Å². The lowest BCUT2D eigenvalue weighted by Gasteiger charge is -2.13. The molecule has 0 unspecified atom stereocenters. The van der Waals surface area contributed by atoms with Crippen molar-refractivity contribution in [2.45, 2.75) is 13.2 Å². The molecule has 0 atom stereocenters. The van der Waals surface area contributed by atoms with Gasteiger partial charge in [0.1, 0.15) is 18.1 Å². The zero-order valence-electron chi connectivity index (χ0n) is 22.7. The van der Waals surface area contributed by atoms with Gasteiger partial charge in [-0.2, -0.15) is 0 Å². The maximum atomic E-state index is 13.2. The fourth-order valence-electron chi connectivity index (χ4n) is 4.81. The molecule has 0 bridgehead atoms. The summed E-state index contributed by atoms with van der Waals surface area (Å²) in [5.41, 5.74) is 10.3. The summed E-state index contributed by atoms with van der Waals surface area (Å²) in [6.07, 6.45) is 0. The maximum absolute atomic E-state index is 13.2. The molecule has 0 aliphatic heterocycles. The number of aromatic nitrogens is 1. The monoisotopic (exact) mass is 552 g/mol. The lowest BCUT2D eigenvalue weighted by atomic mass is 10.1. The average Bonchev–Trinajstić information content (AvgIpc) is 3.03. The fourth-order valence-corrected chi connectivity index (χ4v) is 4.81. The smallest absolute Gasteiger partial charge is 0.270 e. The number of anilines is 2. The Kier molecular flexibility index (Phi) is 7.46. The van der Waals surface area contributed by atoms with E-state index >= 15 is 0 Å². The Hall–Kier alpha value is -5.69. The number of carbonyl (C=O) groups is 2. The highest BCUT2D eigenvalue weighted by Gasteiger charge is 2.14. The first-order valence-corrected chi connectivity index (χ1v) is 13.6. The molecule has 0 fully saturated rings. The van der Waals surface area contributed by atoms with Crippen LogP contribution in [0.1, 0.15) is 32.0 Å². The van der Waals surface area contributed by atoms with Crippen molar-refractivity contribution in [3.63, 3.8) is 0 Å². The van der Waals surface area contributed by atoms with Gasteiger partial charge in [-0.15, -0.1) is 0 Å². The summed E-state index contributed by atoms with van der Waals surface area (Å²) in [5, 5.41) is 8.85. The number of nitrogen functional groups attached to an aromatic ring is 1. The number of carbonyl (C=O) groups excluding carboxylic acids is 2. The van der Waals surface area contributed by atoms with Crippen molar-refractivity contribution in [3.05, 3.63) is 144 Å². The van der Waals surface area contributed by atoms with E-state index in [0.717, 1.165) is 27.3 Å². The second-order valence-corrected chi connectivity index (χ2v) is 9.87. The van der Waals surface area contributed by atoms with E-state index in [1.165, 1.54) is 0 Å². The molecule has 0 aliphatic rings. The molecule has 7 heteroatoms. The SMILES string of the molecule is Nc1ccccc1NC(=O)c1ccc(CNC(=O)c2cc(OCc3cccc4ccccc34)c3ccccc3n2)cc1. The summed E-state index contributed by atoms with van der Waals surface area (Å²) >= 11 is 0. The van der Waals surface area contributed by atoms with Gasteiger partial charge in [-0.1, -0.05) is 78.9 Å². The number of hydrogen-bond acceptors (Lipinski definition) is 5. The molecule has 5 aromatic carbocycles. The van der Waals surface area contributed by atoms with Gasteiger partial charge in [-0.25, -0.2) is 4.98 Å². The highest BCUT2D eigenvalue weighted by Crippen LogP contribution is 2.28. The average molecular weight is 553 g/mol. The summed E-state index contributed by atoms with van der Waals surface area (Å²) in [6, 6.07) is 37.7. The molecular formula is C35H28N4O3. The molecule has 1 heterocycles. The van der Waals surface area contributed by atoms with E-state index in [9.17, 15) is 9.59 Å². The molecule has 6 aromatic rings. The number of amides is 2. The van der Waals surface area contributed by atoms with Gasteiger partial charge in [0.25, 0.3) is 11.8 Å². The lowest BCUT2D eigenvalue weighted by Crippen LogP contribution is -2.24. The van der Waals surface area contributed by atoms with E-state index in [4.69, 9.17) is 10.5 Å². The Labute approximate surface area is 243 Å². The van der Waals surface area contributed by atoms with E-state index in [1.54, 1.807) is 42.5 Å². The van der Waals surface area contributed by atoms with Gasteiger partial charge in [-0.3, -0.25) is 9.59 Å². The maximum Gasteiger partial charge on any atom is 0.270 e. The zero-order valence-corrected chi connectivity index (χ0v) is 22.7. The summed E-state index contributed by atoms with van der Waals surface area (Å²) in [7, 11) is 0. The van der Waals surface area contributed by atoms with Crippen molar-refractivity contribution in [2.75, 3.05) is 11.1 Å². The molecule has 0 saturated heterocycles. The first kappa shape index (κ1) is 26.5. The van der Waals surface area contributed by atoms with Crippen LogP contribution in [0.4, 0.5) is 11.4 Å². The quantitative estimate of drug-likeness (QED) is 0.182. The van der Waals surface area contributed by atoms with E-state index in [0.29, 0.717) is 34.8 Å². The van der Waals surface area contributed by atoms with Gasteiger partial charge in [0, 0.05) is 23.6 Å². The highest BCUT2D eigenvalue weighted by molar-refractivity contribution is 6.05. The van der Waals surface area contributed by atoms with Crippen LogP contribution < -0.4 is 21.1 Å². The van der Waals surface area contributed by atoms with Crippen LogP contribution in [0.15, 0.2) is 121 Å². The number of para-hydroxylation sites is 3. The van der Waals surface area contributed by atoms with Crippen molar-refractivity contribution in [2.24, 2.45) is 0 Å². The Morgan fingerprint density at radius 2 is 1.45 bits per heavy atom. The molecule has 0 spiro atoms. The first-order chi connectivity index (χ1) is 20.5. The molecule has 206 valence electrons. The van der Waals surface area contributed by atoms with Gasteiger partial charge in [0.15, 0.2) is 0 Å². The highest BCUT2D eigenvalue weighted by atomic mass is 16.5. The first-order valence-electron chi connectivity index (χ1n) is 13.6. The van der Waals surface area contributed by atoms with Gasteiger partial charge in [0.2, 0.25) is 0 Å². The number of ether oxygens (including phenoxy) is 1. The number of nitrogens with zero attached hydrogens (tertiary/aromatic N) is 1. The molecule has 6 rings (SSSR count). The molecule has 7 nitrogen and oxygen atoms in total. The number of rotatable bonds is 8. The third-order valence-electron chi connectivity index (χ3n) is 7.05. The van der Waals surface area contributed by atoms with E-state index < -0.39 is 0 Å². The minimum atomic E-state index is -0.322. The summed E-state index contributed by atoms with van der Waals surface area (Å²) in [6.45, 7) is 0.625. The number of pyridine rings is 1. The molecule has 42 heavy (non-hydrogen) atoms. The van der Waals surface area contributed by atoms with Crippen LogP contribution in [0.5, 0.6) is 5.75 Å². The number of nitrogens with two attached hydrogens (primary N) is 1. The van der Waals surface area contributed by atoms with Crippen LogP contribution in [0.25, 0.3) is 21.7 Å². The van der Waals surface area contributed by atoms with Crippen molar-refractivity contribution in [1.82, 2.24) is 10.3 Å². The molecule has 4 N–H and O–H groups in total. The Morgan fingerprint density at radius 3 is 2.29 bits per heavy atom. The largest absolute Gasteiger partial charge is 0.488 e. The van der Waals surface area contributed by atoms with Crippen LogP contribution in [0, 0.1) is 0 Å². The van der Waals surface area contributed by atoms with Crippen LogP contribution in [-0.2, 0) is 13.2 Å². The number of nitrogens with one attached hydrogen (secondary N) is 2. The molecule has 0 aliphatic carbocycles. The second-order valence-electron chi connectivity index (χ2n) is 9.87. The van der Waals surface area contributed by atoms with Crippen LogP contribution in [-0.4, -0.2) is 16.8 Å². The standard InChI is InChI=1S/C35H28N4O3/c36-29-13-4-6-15-31(29)39-34(40)25-18-16-23(17-19-25)21-37-35(41)32-20-33(28-12-3-5-14-30(28)38-32)42-22-26-10-7-9-24-8-1-2-11-27(24)26/h1-20H,21-22,36H2,(H,37,41)(H,39,40). The minimum Gasteiger partial charge on any atom is -0.488 e. The van der Waals surface area contributed by atoms with Gasteiger partial charge in [0.05, 0.1) is 16.9 Å². The predicted octanol–water partition coefficient (Wildman–Crippen LogP) is 6.73. The number of benzene rings is 5. The number of fused-ring (bicyclic) bond motifs is 2. The van der Waals surface area contributed by atoms with Crippen molar-refractivity contribution < 1.29 is 14.3 Å². The number of hydrogen-bond donors (Lipinski definition) is 3. The minimum absolute atomic E-state index is 0.262. The third kappa shape index (κ3) is 5.76. The van der Waals surface area contributed by atoms with E-state index in [2.05, 4.69) is 33.8 Å². The van der Waals surface area contributed by atoms with Crippen molar-refractivity contribution in [3.8, 4) is 5.75 Å². The van der Waals surface area contributed by atoms with Gasteiger partial charge < -0.3 is 21.1 Å². The topological polar surface area (TPSA) is 106 Å². The van der Waals surface area contributed by atoms with Crippen molar-refractivity contribution >= 4 is 44.9 Å². The lowest BCUT2D eigenvalue weighted by molar-refractivity contribution is 0.0944. The Morgan fingerprint density at radius 1 is 0.738 bits per heavy atom. The van der Waals surface area contributed by atoms with Crippen molar-refractivity contribution in [1.29, 1.82) is 0 Å². The summed E-state index contributed by atoms with van der Waals surface area (Å²) in [4.78, 5) is 30.4. The molecule has 1 aromatic heterocycles. The van der Waals surface area contributed by atoms with E-state index in [1.807, 2.05) is 60.7 Å². The molecule has 2 amide bonds. The summed E-state index contributed by atoms with van der Waals surface area (Å²) < 4.78 is 6.29. The van der Waals surface area contributed by atoms with Gasteiger partial charge >= 0.3 is 0 Å². The van der Waals surface area contributed by atoms with Gasteiger partial charge in [-0.05, 0) is 58.3 Å². The third-order valence-corrected chi connectivity index (χ3v) is 7.05. The zero-order chi connectivity index (χ0) is 28.9. The van der Waals surface area contributed by atoms with Crippen LogP contribution in [0.2, 0.25) is 0 Å². The predicted molar refractivity (Wildman–Crippen MR) is 166 cm³/mol. The molecule has 0 radical (unpaired) electrons. The Balaban J connectivity index is 1.15. The van der Waals surface area contributed by atoms with E-state index in [-0.39, 0.29) is 24.1 Å². The van der Waals surface area contributed by atoms with Crippen LogP contribution >= 0.6 is 0 Å². The Bertz CT molecular complexity index is 1910. The molecular weight excluding hydrogens is 524 g/mol. The fraction of sp³-hybridized carbons (Fsp3) is 0.0571. The normalized spacial score (nSPS) is 10.9. The summed E-state index contributed by atoms with van der Waals surface area (Å²) in [5.74, 6) is 0.00474.